The molecular weight excluding hydrogens is 506 g/mol. The minimum Gasteiger partial charge on any atom is -0.444 e. The van der Waals surface area contributed by atoms with Gasteiger partial charge in [-0.25, -0.2) is 9.18 Å². The van der Waals surface area contributed by atoms with Crippen LogP contribution in [-0.2, 0) is 11.3 Å². The molecule has 6 nitrogen and oxygen atoms in total. The maximum Gasteiger partial charge on any atom is 0.407 e. The number of benzene rings is 1. The lowest BCUT2D eigenvalue weighted by atomic mass is 10.2. The van der Waals surface area contributed by atoms with Gasteiger partial charge in [0.05, 0.1) is 4.47 Å². The molecule has 1 aromatic carbocycles. The molecule has 142 valence electrons. The summed E-state index contributed by atoms with van der Waals surface area (Å²) >= 11 is 3.12. The number of amides is 1. The molecule has 0 heterocycles. The Morgan fingerprint density at radius 2 is 1.88 bits per heavy atom. The quantitative estimate of drug-likeness (QED) is 0.236. The summed E-state index contributed by atoms with van der Waals surface area (Å²) in [5, 5.41) is 8.77. The van der Waals surface area contributed by atoms with Gasteiger partial charge in [0.2, 0.25) is 0 Å². The van der Waals surface area contributed by atoms with Gasteiger partial charge >= 0.3 is 6.09 Å². The predicted octanol–water partition coefficient (Wildman–Crippen LogP) is 3.40. The number of nitrogens with zero attached hydrogens (tertiary/aromatic N) is 1. The lowest BCUT2D eigenvalue weighted by Crippen LogP contribution is -2.42. The number of alkyl carbamates (subject to hydrolysis) is 1. The number of halogens is 3. The van der Waals surface area contributed by atoms with E-state index in [1.807, 2.05) is 26.8 Å². The van der Waals surface area contributed by atoms with Gasteiger partial charge in [0.25, 0.3) is 0 Å². The summed E-state index contributed by atoms with van der Waals surface area (Å²) in [6, 6.07) is 4.93. The van der Waals surface area contributed by atoms with Gasteiger partial charge in [0.15, 0.2) is 5.96 Å². The summed E-state index contributed by atoms with van der Waals surface area (Å²) in [7, 11) is 1.64. The van der Waals surface area contributed by atoms with Crippen molar-refractivity contribution < 1.29 is 13.9 Å². The zero-order valence-corrected chi connectivity index (χ0v) is 18.7. The number of rotatable bonds is 5. The van der Waals surface area contributed by atoms with Gasteiger partial charge in [0, 0.05) is 26.7 Å². The molecule has 1 amide bonds. The Labute approximate surface area is 173 Å². The zero-order chi connectivity index (χ0) is 18.2. The Balaban J connectivity index is 0.00000576. The predicted molar refractivity (Wildman–Crippen MR) is 112 cm³/mol. The first-order valence-electron chi connectivity index (χ1n) is 7.56. The van der Waals surface area contributed by atoms with Crippen LogP contribution in [0.1, 0.15) is 26.3 Å². The molecule has 9 heteroatoms. The Morgan fingerprint density at radius 3 is 2.44 bits per heavy atom. The summed E-state index contributed by atoms with van der Waals surface area (Å²) in [4.78, 5) is 15.6. The molecule has 25 heavy (non-hydrogen) atoms. The third-order valence-electron chi connectivity index (χ3n) is 2.75. The van der Waals surface area contributed by atoms with Gasteiger partial charge in [-0.1, -0.05) is 6.07 Å². The van der Waals surface area contributed by atoms with Crippen LogP contribution in [0.2, 0.25) is 0 Å². The van der Waals surface area contributed by atoms with Crippen molar-refractivity contribution in [1.29, 1.82) is 0 Å². The topological polar surface area (TPSA) is 74.8 Å². The summed E-state index contributed by atoms with van der Waals surface area (Å²) in [6.45, 7) is 6.73. The average molecular weight is 531 g/mol. The fourth-order valence-electron chi connectivity index (χ4n) is 1.72. The summed E-state index contributed by atoms with van der Waals surface area (Å²) in [5.41, 5.74) is 0.278. The zero-order valence-electron chi connectivity index (χ0n) is 14.8. The molecule has 0 aliphatic heterocycles. The van der Waals surface area contributed by atoms with Crippen LogP contribution in [0.25, 0.3) is 0 Å². The normalized spacial score (nSPS) is 11.4. The fraction of sp³-hybridized carbons (Fsp3) is 0.500. The van der Waals surface area contributed by atoms with E-state index < -0.39 is 11.7 Å². The molecule has 1 aromatic rings. The number of hydrogen-bond acceptors (Lipinski definition) is 3. The average Bonchev–Trinajstić information content (AvgIpc) is 2.48. The monoisotopic (exact) mass is 530 g/mol. The van der Waals surface area contributed by atoms with Crippen LogP contribution in [0.3, 0.4) is 0 Å². The van der Waals surface area contributed by atoms with Crippen LogP contribution < -0.4 is 16.0 Å². The highest BCUT2D eigenvalue weighted by atomic mass is 127. The van der Waals surface area contributed by atoms with E-state index >= 15 is 0 Å². The first-order valence-corrected chi connectivity index (χ1v) is 8.36. The Kier molecular flexibility index (Phi) is 11.0. The van der Waals surface area contributed by atoms with Crippen LogP contribution in [0.4, 0.5) is 9.18 Å². The molecule has 0 spiro atoms. The van der Waals surface area contributed by atoms with Crippen molar-refractivity contribution in [2.75, 3.05) is 20.1 Å². The second-order valence-corrected chi connectivity index (χ2v) is 6.88. The second kappa shape index (κ2) is 11.5. The van der Waals surface area contributed by atoms with Crippen molar-refractivity contribution >= 4 is 52.0 Å². The maximum atomic E-state index is 13.5. The molecule has 0 unspecified atom stereocenters. The van der Waals surface area contributed by atoms with Crippen molar-refractivity contribution in [2.45, 2.75) is 32.9 Å². The molecule has 3 N–H and O–H groups in total. The van der Waals surface area contributed by atoms with Gasteiger partial charge in [-0.2, -0.15) is 0 Å². The van der Waals surface area contributed by atoms with Crippen LogP contribution in [-0.4, -0.2) is 37.8 Å². The van der Waals surface area contributed by atoms with Gasteiger partial charge in [-0.3, -0.25) is 4.99 Å². The van der Waals surface area contributed by atoms with E-state index in [0.29, 0.717) is 30.1 Å². The first-order chi connectivity index (χ1) is 11.2. The summed E-state index contributed by atoms with van der Waals surface area (Å²) in [5.74, 6) is 0.253. The van der Waals surface area contributed by atoms with Crippen molar-refractivity contribution in [1.82, 2.24) is 16.0 Å². The number of hydrogen-bond donors (Lipinski definition) is 3. The molecule has 0 radical (unpaired) electrons. The number of nitrogens with one attached hydrogen (secondary N) is 3. The van der Waals surface area contributed by atoms with Crippen molar-refractivity contribution in [3.63, 3.8) is 0 Å². The van der Waals surface area contributed by atoms with Crippen molar-refractivity contribution in [2.24, 2.45) is 4.99 Å². The van der Waals surface area contributed by atoms with E-state index in [4.69, 9.17) is 4.74 Å². The summed E-state index contributed by atoms with van der Waals surface area (Å²) < 4.78 is 19.0. The van der Waals surface area contributed by atoms with Crippen LogP contribution in [0, 0.1) is 5.82 Å². The Morgan fingerprint density at radius 1 is 1.24 bits per heavy atom. The molecule has 1 rings (SSSR count). The highest BCUT2D eigenvalue weighted by Crippen LogP contribution is 2.16. The van der Waals surface area contributed by atoms with E-state index in [-0.39, 0.29) is 29.8 Å². The van der Waals surface area contributed by atoms with E-state index in [1.165, 1.54) is 6.07 Å². The lowest BCUT2D eigenvalue weighted by molar-refractivity contribution is 0.0529. The minimum absolute atomic E-state index is 0. The highest BCUT2D eigenvalue weighted by Gasteiger charge is 2.15. The van der Waals surface area contributed by atoms with Crippen molar-refractivity contribution in [3.8, 4) is 0 Å². The molecule has 0 atom stereocenters. The highest BCUT2D eigenvalue weighted by molar-refractivity contribution is 14.0. The molecule has 0 fully saturated rings. The minimum atomic E-state index is -0.519. The van der Waals surface area contributed by atoms with Crippen LogP contribution >= 0.6 is 39.9 Å². The number of carbonyl (C=O) groups excluding carboxylic acids is 1. The molecule has 0 aliphatic rings. The summed E-state index contributed by atoms with van der Waals surface area (Å²) in [6.07, 6.45) is -0.461. The Bertz CT molecular complexity index is 594. The third kappa shape index (κ3) is 10.5. The second-order valence-electron chi connectivity index (χ2n) is 6.03. The number of carbonyl (C=O) groups is 1. The van der Waals surface area contributed by atoms with Gasteiger partial charge in [-0.15, -0.1) is 24.0 Å². The molecule has 0 aromatic heterocycles. The van der Waals surface area contributed by atoms with Crippen LogP contribution in [0.5, 0.6) is 0 Å². The number of ether oxygens (including phenoxy) is 1. The SMILES string of the molecule is CN=C(NCCNC(=O)OC(C)(C)C)NCc1ccc(Br)c(F)c1.I. The van der Waals surface area contributed by atoms with Gasteiger partial charge < -0.3 is 20.7 Å². The Hall–Kier alpha value is -1.10. The van der Waals surface area contributed by atoms with Crippen molar-refractivity contribution in [3.05, 3.63) is 34.1 Å². The van der Waals surface area contributed by atoms with Crippen LogP contribution in [0.15, 0.2) is 27.7 Å². The molecule has 0 aliphatic carbocycles. The van der Waals surface area contributed by atoms with E-state index in [1.54, 1.807) is 13.1 Å². The molecule has 0 saturated carbocycles. The smallest absolute Gasteiger partial charge is 0.407 e. The van der Waals surface area contributed by atoms with Gasteiger partial charge in [0.1, 0.15) is 11.4 Å². The van der Waals surface area contributed by atoms with E-state index in [2.05, 4.69) is 36.9 Å². The first kappa shape index (κ1) is 23.9. The largest absolute Gasteiger partial charge is 0.444 e. The molecular formula is C16H25BrFIN4O2. The fourth-order valence-corrected chi connectivity index (χ4v) is 1.96. The number of aliphatic imine (C=N–C) groups is 1. The number of guanidine groups is 1. The lowest BCUT2D eigenvalue weighted by Gasteiger charge is -2.20. The van der Waals surface area contributed by atoms with E-state index in [9.17, 15) is 9.18 Å². The van der Waals surface area contributed by atoms with E-state index in [0.717, 1.165) is 5.56 Å². The standard InChI is InChI=1S/C16H24BrFN4O2.HI/c1-16(2,3)24-15(23)21-8-7-20-14(19-4)22-10-11-5-6-12(17)13(18)9-11;/h5-6,9H,7-8,10H2,1-4H3,(H,21,23)(H2,19,20,22);1H. The molecule has 0 saturated heterocycles. The van der Waals surface area contributed by atoms with Gasteiger partial charge in [-0.05, 0) is 54.4 Å². The third-order valence-corrected chi connectivity index (χ3v) is 3.40. The molecule has 0 bridgehead atoms. The maximum absolute atomic E-state index is 13.5.